The number of nitrogens with zero attached hydrogens (tertiary/aromatic N) is 2. The smallest absolute Gasteiger partial charge is 0.417 e. The Morgan fingerprint density at radius 1 is 1.25 bits per heavy atom. The van der Waals surface area contributed by atoms with Gasteiger partial charge in [-0.15, -0.1) is 11.3 Å². The predicted octanol–water partition coefficient (Wildman–Crippen LogP) is 4.69. The number of carbonyl (C=O) groups excluding carboxylic acids is 2. The number of ether oxygens (including phenoxy) is 1. The number of hydrogen-bond donors (Lipinski definition) is 1. The second-order valence-corrected chi connectivity index (χ2v) is 9.70. The summed E-state index contributed by atoms with van der Waals surface area (Å²) in [5.41, 5.74) is -0.529. The van der Waals surface area contributed by atoms with E-state index >= 15 is 0 Å². The Balaban J connectivity index is 1.53. The van der Waals surface area contributed by atoms with Gasteiger partial charge in [-0.25, -0.2) is 4.98 Å². The zero-order valence-corrected chi connectivity index (χ0v) is 18.9. The number of amides is 1. The Bertz CT molecular complexity index is 1020. The lowest BCUT2D eigenvalue weighted by atomic mass is 10.1. The molecule has 2 aliphatic rings. The van der Waals surface area contributed by atoms with Crippen LogP contribution >= 0.6 is 11.3 Å². The lowest BCUT2D eigenvalue weighted by Gasteiger charge is -2.33. The molecule has 2 aromatic rings. The van der Waals surface area contributed by atoms with Gasteiger partial charge < -0.3 is 15.0 Å². The first kappa shape index (κ1) is 22.8. The van der Waals surface area contributed by atoms with Crippen molar-refractivity contribution in [3.05, 3.63) is 22.1 Å². The molecule has 2 aromatic heterocycles. The van der Waals surface area contributed by atoms with Crippen molar-refractivity contribution < 1.29 is 27.5 Å². The summed E-state index contributed by atoms with van der Waals surface area (Å²) in [5, 5.41) is 2.49. The van der Waals surface area contributed by atoms with Crippen LogP contribution in [0.15, 0.2) is 6.07 Å². The molecule has 1 N–H and O–H groups in total. The molecule has 32 heavy (non-hydrogen) atoms. The molecule has 10 heteroatoms. The van der Waals surface area contributed by atoms with Crippen LogP contribution in [0, 0.1) is 12.8 Å². The number of aromatic nitrogens is 1. The fourth-order valence-corrected chi connectivity index (χ4v) is 5.23. The molecule has 0 bridgehead atoms. The van der Waals surface area contributed by atoms with Crippen molar-refractivity contribution >= 4 is 39.2 Å². The number of aryl methyl sites for hydroxylation is 1. The average Bonchev–Trinajstić information content (AvgIpc) is 3.51. The number of pyridine rings is 1. The minimum absolute atomic E-state index is 0.0307. The van der Waals surface area contributed by atoms with Crippen molar-refractivity contribution in [3.8, 4) is 0 Å². The van der Waals surface area contributed by atoms with Crippen molar-refractivity contribution in [1.29, 1.82) is 0 Å². The van der Waals surface area contributed by atoms with E-state index in [0.29, 0.717) is 43.1 Å². The van der Waals surface area contributed by atoms with Gasteiger partial charge in [0.2, 0.25) is 0 Å². The number of piperidine rings is 1. The molecule has 1 amide bonds. The van der Waals surface area contributed by atoms with Crippen LogP contribution in [0.5, 0.6) is 0 Å². The largest absolute Gasteiger partial charge is 0.462 e. The number of carbonyl (C=O) groups is 2. The SMILES string of the molecule is CNC(=O)c1c(C)sc2c(C(F)(F)F)cc(N3CCC(OC(=O)CCC4CC4)CC3)nc12. The van der Waals surface area contributed by atoms with Crippen molar-refractivity contribution in [1.82, 2.24) is 10.3 Å². The number of halogens is 3. The first-order chi connectivity index (χ1) is 15.2. The van der Waals surface area contributed by atoms with E-state index in [1.165, 1.54) is 19.9 Å². The molecule has 1 aliphatic carbocycles. The highest BCUT2D eigenvalue weighted by Gasteiger charge is 2.37. The number of anilines is 1. The summed E-state index contributed by atoms with van der Waals surface area (Å²) in [6.07, 6.45) is -0.0607. The molecule has 1 saturated heterocycles. The van der Waals surface area contributed by atoms with Crippen LogP contribution in [0.2, 0.25) is 0 Å². The summed E-state index contributed by atoms with van der Waals surface area (Å²) in [5.74, 6) is 0.196. The molecule has 1 saturated carbocycles. The van der Waals surface area contributed by atoms with Gasteiger partial charge in [-0.2, -0.15) is 13.2 Å². The van der Waals surface area contributed by atoms with Gasteiger partial charge in [-0.1, -0.05) is 12.8 Å². The normalized spacial score (nSPS) is 17.6. The summed E-state index contributed by atoms with van der Waals surface area (Å²) in [4.78, 5) is 31.1. The number of esters is 1. The average molecular weight is 470 g/mol. The summed E-state index contributed by atoms with van der Waals surface area (Å²) in [6.45, 7) is 2.48. The van der Waals surface area contributed by atoms with E-state index in [9.17, 15) is 22.8 Å². The second-order valence-electron chi connectivity index (χ2n) is 8.47. The van der Waals surface area contributed by atoms with Gasteiger partial charge in [0.1, 0.15) is 11.9 Å². The molecular formula is C22H26F3N3O3S. The standard InChI is InChI=1S/C22H26F3N3O3S/c1-12-18(21(30)26-2)19-20(32-12)15(22(23,24)25)11-16(27-19)28-9-7-14(8-10-28)31-17(29)6-5-13-3-4-13/h11,13-14H,3-10H2,1-2H3,(H,26,30). The van der Waals surface area contributed by atoms with E-state index in [4.69, 9.17) is 4.74 Å². The second kappa shape index (κ2) is 8.88. The minimum Gasteiger partial charge on any atom is -0.462 e. The summed E-state index contributed by atoms with van der Waals surface area (Å²) in [7, 11) is 1.44. The van der Waals surface area contributed by atoms with Crippen molar-refractivity contribution in [2.75, 3.05) is 25.0 Å². The lowest BCUT2D eigenvalue weighted by molar-refractivity contribution is -0.150. The van der Waals surface area contributed by atoms with Crippen LogP contribution in [0.4, 0.5) is 19.0 Å². The number of hydrogen-bond acceptors (Lipinski definition) is 6. The van der Waals surface area contributed by atoms with Gasteiger partial charge in [0.25, 0.3) is 5.91 Å². The van der Waals surface area contributed by atoms with Crippen LogP contribution in [0.3, 0.4) is 0 Å². The first-order valence-electron chi connectivity index (χ1n) is 10.8. The lowest BCUT2D eigenvalue weighted by Crippen LogP contribution is -2.38. The number of nitrogens with one attached hydrogen (secondary N) is 1. The molecule has 0 spiro atoms. The topological polar surface area (TPSA) is 71.5 Å². The summed E-state index contributed by atoms with van der Waals surface area (Å²) in [6, 6.07) is 1.06. The Hall–Kier alpha value is -2.36. The minimum atomic E-state index is -4.57. The molecule has 0 aromatic carbocycles. The van der Waals surface area contributed by atoms with E-state index in [-0.39, 0.29) is 33.7 Å². The van der Waals surface area contributed by atoms with Gasteiger partial charge in [-0.3, -0.25) is 9.59 Å². The Morgan fingerprint density at radius 3 is 2.53 bits per heavy atom. The highest BCUT2D eigenvalue weighted by molar-refractivity contribution is 7.19. The monoisotopic (exact) mass is 469 g/mol. The highest BCUT2D eigenvalue weighted by Crippen LogP contribution is 2.42. The van der Waals surface area contributed by atoms with Crippen molar-refractivity contribution in [2.24, 2.45) is 5.92 Å². The molecule has 0 atom stereocenters. The highest BCUT2D eigenvalue weighted by atomic mass is 32.1. The van der Waals surface area contributed by atoms with E-state index in [0.717, 1.165) is 23.8 Å². The van der Waals surface area contributed by atoms with E-state index in [1.54, 1.807) is 11.8 Å². The van der Waals surface area contributed by atoms with Crippen LogP contribution in [-0.4, -0.2) is 43.1 Å². The van der Waals surface area contributed by atoms with Crippen molar-refractivity contribution in [3.63, 3.8) is 0 Å². The van der Waals surface area contributed by atoms with Gasteiger partial charge >= 0.3 is 12.1 Å². The maximum Gasteiger partial charge on any atom is 0.417 e. The fourth-order valence-electron chi connectivity index (χ4n) is 4.10. The maximum absolute atomic E-state index is 13.8. The molecule has 4 rings (SSSR count). The van der Waals surface area contributed by atoms with Gasteiger partial charge in [0.15, 0.2) is 0 Å². The molecule has 0 unspecified atom stereocenters. The van der Waals surface area contributed by atoms with Crippen LogP contribution in [0.1, 0.15) is 59.3 Å². The number of alkyl halides is 3. The number of fused-ring (bicyclic) bond motifs is 1. The van der Waals surface area contributed by atoms with E-state index in [1.807, 2.05) is 0 Å². The predicted molar refractivity (Wildman–Crippen MR) is 116 cm³/mol. The van der Waals surface area contributed by atoms with E-state index in [2.05, 4.69) is 10.3 Å². The first-order valence-corrected chi connectivity index (χ1v) is 11.7. The molecule has 0 radical (unpaired) electrons. The molecule has 6 nitrogen and oxygen atoms in total. The zero-order valence-electron chi connectivity index (χ0n) is 18.1. The Labute approximate surface area is 188 Å². The molecule has 3 heterocycles. The van der Waals surface area contributed by atoms with Gasteiger partial charge in [0, 0.05) is 44.3 Å². The quantitative estimate of drug-likeness (QED) is 0.622. The Kier molecular flexibility index (Phi) is 6.33. The van der Waals surface area contributed by atoms with Crippen molar-refractivity contribution in [2.45, 2.75) is 57.7 Å². The number of thiophene rings is 1. The molecule has 1 aliphatic heterocycles. The third-order valence-electron chi connectivity index (χ3n) is 6.08. The third kappa shape index (κ3) is 4.84. The van der Waals surface area contributed by atoms with Gasteiger partial charge in [-0.05, 0) is 25.3 Å². The van der Waals surface area contributed by atoms with Gasteiger partial charge in [0.05, 0.1) is 21.3 Å². The summed E-state index contributed by atoms with van der Waals surface area (Å²) >= 11 is 0.930. The fraction of sp³-hybridized carbons (Fsp3) is 0.591. The molecular weight excluding hydrogens is 443 g/mol. The van der Waals surface area contributed by atoms with Crippen LogP contribution in [-0.2, 0) is 15.7 Å². The number of rotatable bonds is 6. The maximum atomic E-state index is 13.8. The van der Waals surface area contributed by atoms with Crippen LogP contribution in [0.25, 0.3) is 10.2 Å². The van der Waals surface area contributed by atoms with Crippen LogP contribution < -0.4 is 10.2 Å². The molecule has 2 fully saturated rings. The van der Waals surface area contributed by atoms with E-state index < -0.39 is 17.6 Å². The third-order valence-corrected chi connectivity index (χ3v) is 7.21. The Morgan fingerprint density at radius 2 is 1.94 bits per heavy atom. The zero-order chi connectivity index (χ0) is 23.0. The summed E-state index contributed by atoms with van der Waals surface area (Å²) < 4.78 is 47.0. The molecule has 174 valence electrons.